The highest BCUT2D eigenvalue weighted by molar-refractivity contribution is 5.94. The van der Waals surface area contributed by atoms with Gasteiger partial charge in [-0.15, -0.1) is 0 Å². The summed E-state index contributed by atoms with van der Waals surface area (Å²) in [6, 6.07) is 5.27. The van der Waals surface area contributed by atoms with Crippen molar-refractivity contribution in [3.8, 4) is 0 Å². The zero-order valence-electron chi connectivity index (χ0n) is 9.50. The molecule has 1 aliphatic carbocycles. The number of benzene rings is 1. The Hall–Kier alpha value is -1.42. The van der Waals surface area contributed by atoms with E-state index < -0.39 is 0 Å². The largest absolute Gasteiger partial charge is 0.326 e. The third-order valence-electron chi connectivity index (χ3n) is 3.39. The Morgan fingerprint density at radius 2 is 2.24 bits per heavy atom. The molecule has 17 heavy (non-hydrogen) atoms. The fourth-order valence-corrected chi connectivity index (χ4v) is 2.31. The molecule has 1 aromatic carbocycles. The molecule has 3 rings (SSSR count). The summed E-state index contributed by atoms with van der Waals surface area (Å²) in [6.45, 7) is 0.802. The minimum absolute atomic E-state index is 0.0225. The van der Waals surface area contributed by atoms with Crippen LogP contribution in [0.4, 0.5) is 10.1 Å². The van der Waals surface area contributed by atoms with Crippen LogP contribution in [-0.2, 0) is 4.79 Å². The first-order chi connectivity index (χ1) is 8.22. The molecule has 1 amide bonds. The first kappa shape index (κ1) is 10.7. The number of fused-ring (bicyclic) bond motifs is 1. The van der Waals surface area contributed by atoms with Gasteiger partial charge in [0.25, 0.3) is 0 Å². The lowest BCUT2D eigenvalue weighted by atomic mass is 9.90. The topological polar surface area (TPSA) is 41.1 Å². The summed E-state index contributed by atoms with van der Waals surface area (Å²) in [5.74, 6) is -0.162. The van der Waals surface area contributed by atoms with E-state index in [0.29, 0.717) is 18.2 Å². The van der Waals surface area contributed by atoms with Gasteiger partial charge in [-0.05, 0) is 30.5 Å². The number of amides is 1. The average Bonchev–Trinajstić information content (AvgIpc) is 3.08. The van der Waals surface area contributed by atoms with E-state index in [0.717, 1.165) is 12.1 Å². The number of carbonyl (C=O) groups excluding carboxylic acids is 1. The first-order valence-corrected chi connectivity index (χ1v) is 6.05. The van der Waals surface area contributed by atoms with Gasteiger partial charge < -0.3 is 10.6 Å². The zero-order valence-corrected chi connectivity index (χ0v) is 9.50. The summed E-state index contributed by atoms with van der Waals surface area (Å²) in [5, 5.41) is 6.16. The minimum Gasteiger partial charge on any atom is -0.326 e. The summed E-state index contributed by atoms with van der Waals surface area (Å²) in [5.41, 5.74) is 1.67. The number of nitrogens with one attached hydrogen (secondary N) is 2. The predicted molar refractivity (Wildman–Crippen MR) is 63.4 cm³/mol. The normalized spacial score (nSPS) is 23.1. The fraction of sp³-hybridized carbons (Fsp3) is 0.462. The maximum atomic E-state index is 13.1. The van der Waals surface area contributed by atoms with Crippen molar-refractivity contribution in [1.82, 2.24) is 5.32 Å². The van der Waals surface area contributed by atoms with Crippen molar-refractivity contribution in [2.24, 2.45) is 0 Å². The highest BCUT2D eigenvalue weighted by Crippen LogP contribution is 2.33. The van der Waals surface area contributed by atoms with Crippen LogP contribution in [0.1, 0.15) is 30.7 Å². The van der Waals surface area contributed by atoms with Crippen LogP contribution in [0.2, 0.25) is 0 Å². The lowest BCUT2D eigenvalue weighted by Gasteiger charge is -2.25. The summed E-state index contributed by atoms with van der Waals surface area (Å²) < 4.78 is 13.1. The van der Waals surface area contributed by atoms with Crippen LogP contribution < -0.4 is 10.6 Å². The molecular weight excluding hydrogens is 219 g/mol. The molecule has 0 bridgehead atoms. The molecule has 1 aromatic rings. The molecule has 1 fully saturated rings. The van der Waals surface area contributed by atoms with E-state index in [1.165, 1.54) is 25.0 Å². The van der Waals surface area contributed by atoms with Gasteiger partial charge in [-0.1, -0.05) is 6.07 Å². The molecule has 0 saturated heterocycles. The molecule has 1 aliphatic heterocycles. The minimum atomic E-state index is -0.306. The van der Waals surface area contributed by atoms with Crippen molar-refractivity contribution in [1.29, 1.82) is 0 Å². The number of carbonyl (C=O) groups is 1. The lowest BCUT2D eigenvalue weighted by Crippen LogP contribution is -2.30. The van der Waals surface area contributed by atoms with Crippen molar-refractivity contribution >= 4 is 11.6 Å². The van der Waals surface area contributed by atoms with Crippen molar-refractivity contribution in [2.45, 2.75) is 31.2 Å². The molecule has 90 valence electrons. The number of rotatable bonds is 3. The first-order valence-electron chi connectivity index (χ1n) is 6.05. The van der Waals surface area contributed by atoms with Crippen LogP contribution in [0.15, 0.2) is 18.2 Å². The van der Waals surface area contributed by atoms with Gasteiger partial charge in [-0.2, -0.15) is 0 Å². The van der Waals surface area contributed by atoms with E-state index in [-0.39, 0.29) is 17.6 Å². The van der Waals surface area contributed by atoms with E-state index in [2.05, 4.69) is 10.6 Å². The van der Waals surface area contributed by atoms with Crippen molar-refractivity contribution in [3.63, 3.8) is 0 Å². The highest BCUT2D eigenvalue weighted by Gasteiger charge is 2.28. The Labute approximate surface area is 99.4 Å². The predicted octanol–water partition coefficient (Wildman–Crippen LogP) is 2.00. The van der Waals surface area contributed by atoms with Gasteiger partial charge in [0.2, 0.25) is 5.91 Å². The second kappa shape index (κ2) is 4.11. The molecule has 0 spiro atoms. The van der Waals surface area contributed by atoms with Gasteiger partial charge in [0.1, 0.15) is 5.82 Å². The van der Waals surface area contributed by atoms with Crippen molar-refractivity contribution in [3.05, 3.63) is 29.6 Å². The molecule has 2 N–H and O–H groups in total. The van der Waals surface area contributed by atoms with Crippen LogP contribution in [-0.4, -0.2) is 18.5 Å². The molecule has 1 unspecified atom stereocenters. The van der Waals surface area contributed by atoms with Crippen LogP contribution >= 0.6 is 0 Å². The molecule has 4 heteroatoms. The number of hydrogen-bond donors (Lipinski definition) is 2. The van der Waals surface area contributed by atoms with Gasteiger partial charge in [-0.3, -0.25) is 4.79 Å². The van der Waals surface area contributed by atoms with E-state index >= 15 is 0 Å². The Morgan fingerprint density at radius 1 is 1.41 bits per heavy atom. The van der Waals surface area contributed by atoms with E-state index in [1.54, 1.807) is 6.07 Å². The second-order valence-corrected chi connectivity index (χ2v) is 4.86. The standard InChI is InChI=1S/C13H15FN2O/c14-9-1-4-11-8(7-15-10-2-3-10)5-13(17)16-12(11)6-9/h1,4,6,8,10,15H,2-3,5,7H2,(H,16,17). The number of halogens is 1. The van der Waals surface area contributed by atoms with Crippen LogP contribution in [0.25, 0.3) is 0 Å². The fourth-order valence-electron chi connectivity index (χ4n) is 2.31. The summed E-state index contributed by atoms with van der Waals surface area (Å²) in [6.07, 6.45) is 2.95. The van der Waals surface area contributed by atoms with Gasteiger partial charge in [0.15, 0.2) is 0 Å². The molecule has 2 aliphatic rings. The van der Waals surface area contributed by atoms with Crippen molar-refractivity contribution in [2.75, 3.05) is 11.9 Å². The van der Waals surface area contributed by atoms with Crippen molar-refractivity contribution < 1.29 is 9.18 Å². The maximum Gasteiger partial charge on any atom is 0.225 e. The summed E-state index contributed by atoms with van der Waals surface area (Å²) >= 11 is 0. The molecular formula is C13H15FN2O. The van der Waals surface area contributed by atoms with E-state index in [4.69, 9.17) is 0 Å². The molecule has 0 radical (unpaired) electrons. The molecule has 1 atom stereocenters. The van der Waals surface area contributed by atoms with Gasteiger partial charge in [0, 0.05) is 30.6 Å². The monoisotopic (exact) mass is 234 g/mol. The average molecular weight is 234 g/mol. The Balaban J connectivity index is 1.82. The summed E-state index contributed by atoms with van der Waals surface area (Å²) in [4.78, 5) is 11.5. The number of hydrogen-bond acceptors (Lipinski definition) is 2. The Bertz CT molecular complexity index is 457. The maximum absolute atomic E-state index is 13.1. The zero-order chi connectivity index (χ0) is 11.8. The molecule has 0 aromatic heterocycles. The van der Waals surface area contributed by atoms with E-state index in [1.807, 2.05) is 0 Å². The summed E-state index contributed by atoms with van der Waals surface area (Å²) in [7, 11) is 0. The van der Waals surface area contributed by atoms with Gasteiger partial charge >= 0.3 is 0 Å². The third kappa shape index (κ3) is 2.31. The smallest absolute Gasteiger partial charge is 0.225 e. The molecule has 1 heterocycles. The van der Waals surface area contributed by atoms with Crippen LogP contribution in [0.3, 0.4) is 0 Å². The highest BCUT2D eigenvalue weighted by atomic mass is 19.1. The number of anilines is 1. The third-order valence-corrected chi connectivity index (χ3v) is 3.39. The SMILES string of the molecule is O=C1CC(CNC2CC2)c2ccc(F)cc2N1. The van der Waals surface area contributed by atoms with Crippen LogP contribution in [0, 0.1) is 5.82 Å². The van der Waals surface area contributed by atoms with Gasteiger partial charge in [0.05, 0.1) is 0 Å². The second-order valence-electron chi connectivity index (χ2n) is 4.86. The van der Waals surface area contributed by atoms with Crippen LogP contribution in [0.5, 0.6) is 0 Å². The lowest BCUT2D eigenvalue weighted by molar-refractivity contribution is -0.116. The quantitative estimate of drug-likeness (QED) is 0.840. The van der Waals surface area contributed by atoms with E-state index in [9.17, 15) is 9.18 Å². The Morgan fingerprint density at radius 3 is 3.00 bits per heavy atom. The molecule has 3 nitrogen and oxygen atoms in total. The van der Waals surface area contributed by atoms with Gasteiger partial charge in [-0.25, -0.2) is 4.39 Å². The molecule has 1 saturated carbocycles. The Kier molecular flexibility index (Phi) is 2.59.